The van der Waals surface area contributed by atoms with Crippen molar-refractivity contribution in [3.8, 4) is 34.4 Å². The summed E-state index contributed by atoms with van der Waals surface area (Å²) in [5.41, 5.74) is 1.77. The second-order valence-electron chi connectivity index (χ2n) is 5.91. The third kappa shape index (κ3) is 3.40. The average Bonchev–Trinajstić information content (AvgIpc) is 2.75. The Bertz CT molecular complexity index is 1060. The summed E-state index contributed by atoms with van der Waals surface area (Å²) in [5.74, 6) is 2.71. The second kappa shape index (κ2) is 7.33. The first-order valence-electron chi connectivity index (χ1n) is 8.50. The van der Waals surface area contributed by atoms with Crippen LogP contribution in [0.4, 0.5) is 0 Å². The lowest BCUT2D eigenvalue weighted by atomic mass is 10.0. The Balaban J connectivity index is 1.75. The van der Waals surface area contributed by atoms with Crippen LogP contribution in [0.5, 0.6) is 23.1 Å². The zero-order valence-corrected chi connectivity index (χ0v) is 15.0. The van der Waals surface area contributed by atoms with Gasteiger partial charge in [-0.1, -0.05) is 18.2 Å². The molecule has 0 spiro atoms. The molecule has 0 aliphatic rings. The number of ether oxygens (including phenoxy) is 3. The van der Waals surface area contributed by atoms with Crippen molar-refractivity contribution < 1.29 is 14.2 Å². The summed E-state index contributed by atoms with van der Waals surface area (Å²) in [5, 5.41) is 10.6. The molecule has 0 aliphatic heterocycles. The van der Waals surface area contributed by atoms with Gasteiger partial charge in [0, 0.05) is 16.3 Å². The number of aromatic nitrogens is 2. The van der Waals surface area contributed by atoms with Crippen molar-refractivity contribution in [2.24, 2.45) is 0 Å². The monoisotopic (exact) mass is 358 g/mol. The van der Waals surface area contributed by atoms with Gasteiger partial charge in [-0.15, -0.1) is 10.2 Å². The lowest BCUT2D eigenvalue weighted by Crippen LogP contribution is -1.96. The Morgan fingerprint density at radius 3 is 1.78 bits per heavy atom. The van der Waals surface area contributed by atoms with E-state index in [1.807, 2.05) is 72.8 Å². The molecule has 1 aromatic heterocycles. The van der Waals surface area contributed by atoms with Gasteiger partial charge in [-0.3, -0.25) is 0 Å². The normalized spacial score (nSPS) is 10.6. The van der Waals surface area contributed by atoms with Crippen LogP contribution in [0.25, 0.3) is 22.0 Å². The lowest BCUT2D eigenvalue weighted by molar-refractivity contribution is 0.412. The molecule has 0 amide bonds. The molecule has 5 nitrogen and oxygen atoms in total. The Kier molecular flexibility index (Phi) is 4.58. The molecule has 4 aromatic rings. The van der Waals surface area contributed by atoms with Gasteiger partial charge in [0.25, 0.3) is 0 Å². The molecule has 0 bridgehead atoms. The van der Waals surface area contributed by atoms with Crippen molar-refractivity contribution in [3.63, 3.8) is 0 Å². The molecule has 0 saturated carbocycles. The number of methoxy groups -OCH3 is 2. The standard InChI is InChI=1S/C22H18N2O3/c1-25-16-9-7-15(8-10-16)21-19-5-3-4-6-20(19)22(24-23-21)27-18-13-11-17(26-2)12-14-18/h3-14H,1-2H3. The molecule has 0 radical (unpaired) electrons. The van der Waals surface area contributed by atoms with E-state index < -0.39 is 0 Å². The van der Waals surface area contributed by atoms with E-state index in [0.717, 1.165) is 33.5 Å². The largest absolute Gasteiger partial charge is 0.497 e. The second-order valence-corrected chi connectivity index (χ2v) is 5.91. The highest BCUT2D eigenvalue weighted by Gasteiger charge is 2.12. The molecule has 0 fully saturated rings. The first kappa shape index (κ1) is 16.8. The van der Waals surface area contributed by atoms with E-state index in [4.69, 9.17) is 14.2 Å². The Labute approximate surface area is 157 Å². The molecule has 134 valence electrons. The highest BCUT2D eigenvalue weighted by atomic mass is 16.5. The van der Waals surface area contributed by atoms with Crippen LogP contribution in [0.2, 0.25) is 0 Å². The predicted octanol–water partition coefficient (Wildman–Crippen LogP) is 5.11. The first-order valence-corrected chi connectivity index (χ1v) is 8.50. The van der Waals surface area contributed by atoms with Gasteiger partial charge in [-0.2, -0.15) is 0 Å². The molecule has 4 rings (SSSR count). The van der Waals surface area contributed by atoms with E-state index >= 15 is 0 Å². The van der Waals surface area contributed by atoms with Gasteiger partial charge >= 0.3 is 0 Å². The van der Waals surface area contributed by atoms with Crippen LogP contribution in [0.3, 0.4) is 0 Å². The minimum absolute atomic E-state index is 0.466. The Morgan fingerprint density at radius 1 is 0.593 bits per heavy atom. The first-order chi connectivity index (χ1) is 13.3. The highest BCUT2D eigenvalue weighted by Crippen LogP contribution is 2.33. The Hall–Kier alpha value is -3.60. The third-order valence-corrected chi connectivity index (χ3v) is 4.29. The van der Waals surface area contributed by atoms with Crippen molar-refractivity contribution in [1.82, 2.24) is 10.2 Å². The van der Waals surface area contributed by atoms with Crippen LogP contribution >= 0.6 is 0 Å². The van der Waals surface area contributed by atoms with Crippen molar-refractivity contribution in [1.29, 1.82) is 0 Å². The van der Waals surface area contributed by atoms with E-state index in [1.54, 1.807) is 14.2 Å². The average molecular weight is 358 g/mol. The topological polar surface area (TPSA) is 53.5 Å². The number of hydrogen-bond acceptors (Lipinski definition) is 5. The van der Waals surface area contributed by atoms with Gasteiger partial charge in [-0.25, -0.2) is 0 Å². The van der Waals surface area contributed by atoms with Crippen LogP contribution in [-0.2, 0) is 0 Å². The minimum atomic E-state index is 0.466. The predicted molar refractivity (Wildman–Crippen MR) is 105 cm³/mol. The molecular weight excluding hydrogens is 340 g/mol. The van der Waals surface area contributed by atoms with Crippen molar-refractivity contribution >= 4 is 10.8 Å². The summed E-state index contributed by atoms with van der Waals surface area (Å²) in [4.78, 5) is 0. The van der Waals surface area contributed by atoms with Crippen LogP contribution in [0.1, 0.15) is 0 Å². The minimum Gasteiger partial charge on any atom is -0.497 e. The van der Waals surface area contributed by atoms with Gasteiger partial charge < -0.3 is 14.2 Å². The van der Waals surface area contributed by atoms with E-state index in [2.05, 4.69) is 10.2 Å². The fourth-order valence-corrected chi connectivity index (χ4v) is 2.87. The smallest absolute Gasteiger partial charge is 0.246 e. The molecule has 0 aliphatic carbocycles. The fraction of sp³-hybridized carbons (Fsp3) is 0.0909. The van der Waals surface area contributed by atoms with Crippen LogP contribution in [-0.4, -0.2) is 24.4 Å². The SMILES string of the molecule is COc1ccc(Oc2nnc(-c3ccc(OC)cc3)c3ccccc23)cc1. The summed E-state index contributed by atoms with van der Waals surface area (Å²) >= 11 is 0. The van der Waals surface area contributed by atoms with Crippen LogP contribution in [0.15, 0.2) is 72.8 Å². The van der Waals surface area contributed by atoms with E-state index in [9.17, 15) is 0 Å². The van der Waals surface area contributed by atoms with E-state index in [1.165, 1.54) is 0 Å². The summed E-state index contributed by atoms with van der Waals surface area (Å²) in [6.45, 7) is 0. The maximum Gasteiger partial charge on any atom is 0.246 e. The van der Waals surface area contributed by atoms with Gasteiger partial charge in [0.1, 0.15) is 22.9 Å². The molecule has 3 aromatic carbocycles. The van der Waals surface area contributed by atoms with Crippen LogP contribution in [0, 0.1) is 0 Å². The molecule has 0 N–H and O–H groups in total. The number of benzene rings is 3. The maximum atomic E-state index is 5.97. The molecular formula is C22H18N2O3. The molecule has 0 saturated heterocycles. The van der Waals surface area contributed by atoms with E-state index in [0.29, 0.717) is 11.6 Å². The van der Waals surface area contributed by atoms with Gasteiger partial charge in [-0.05, 0) is 54.6 Å². The Morgan fingerprint density at radius 2 is 1.15 bits per heavy atom. The summed E-state index contributed by atoms with van der Waals surface area (Å²) in [6.07, 6.45) is 0. The number of hydrogen-bond donors (Lipinski definition) is 0. The maximum absolute atomic E-state index is 5.97. The zero-order chi connectivity index (χ0) is 18.6. The molecule has 27 heavy (non-hydrogen) atoms. The zero-order valence-electron chi connectivity index (χ0n) is 15.0. The fourth-order valence-electron chi connectivity index (χ4n) is 2.87. The molecule has 0 atom stereocenters. The van der Waals surface area contributed by atoms with Crippen molar-refractivity contribution in [3.05, 3.63) is 72.8 Å². The summed E-state index contributed by atoms with van der Waals surface area (Å²) < 4.78 is 16.4. The number of nitrogens with zero attached hydrogens (tertiary/aromatic N) is 2. The molecule has 5 heteroatoms. The van der Waals surface area contributed by atoms with Gasteiger partial charge in [0.15, 0.2) is 0 Å². The van der Waals surface area contributed by atoms with Gasteiger partial charge in [0.05, 0.1) is 14.2 Å². The number of fused-ring (bicyclic) bond motifs is 1. The van der Waals surface area contributed by atoms with Crippen molar-refractivity contribution in [2.75, 3.05) is 14.2 Å². The van der Waals surface area contributed by atoms with E-state index in [-0.39, 0.29) is 0 Å². The summed E-state index contributed by atoms with van der Waals surface area (Å²) in [6, 6.07) is 23.1. The van der Waals surface area contributed by atoms with Crippen LogP contribution < -0.4 is 14.2 Å². The number of rotatable bonds is 5. The van der Waals surface area contributed by atoms with Gasteiger partial charge in [0.2, 0.25) is 5.88 Å². The molecule has 1 heterocycles. The van der Waals surface area contributed by atoms with Crippen molar-refractivity contribution in [2.45, 2.75) is 0 Å². The highest BCUT2D eigenvalue weighted by molar-refractivity contribution is 5.97. The lowest BCUT2D eigenvalue weighted by Gasteiger charge is -2.11. The summed E-state index contributed by atoms with van der Waals surface area (Å²) in [7, 11) is 3.28. The third-order valence-electron chi connectivity index (χ3n) is 4.29. The quantitative estimate of drug-likeness (QED) is 0.496. The molecule has 0 unspecified atom stereocenters.